The summed E-state index contributed by atoms with van der Waals surface area (Å²) in [7, 11) is 0. The molecule has 3 amide bonds. The Labute approximate surface area is 174 Å². The Morgan fingerprint density at radius 2 is 1.70 bits per heavy atom. The first-order valence-electron chi connectivity index (χ1n) is 9.74. The average Bonchev–Trinajstić information content (AvgIpc) is 2.73. The van der Waals surface area contributed by atoms with Crippen molar-refractivity contribution in [3.8, 4) is 5.75 Å². The number of benzene rings is 1. The molecular formula is C19H27N5O6. The quantitative estimate of drug-likeness (QED) is 0.255. The molecule has 1 aromatic rings. The summed E-state index contributed by atoms with van der Waals surface area (Å²) in [6.45, 7) is 3.60. The third-order valence-corrected chi connectivity index (χ3v) is 4.89. The predicted molar refractivity (Wildman–Crippen MR) is 107 cm³/mol. The van der Waals surface area contributed by atoms with Crippen LogP contribution >= 0.6 is 0 Å². The number of carbonyl (C=O) groups excluding carboxylic acids is 3. The summed E-state index contributed by atoms with van der Waals surface area (Å²) in [5, 5.41) is 10.8. The summed E-state index contributed by atoms with van der Waals surface area (Å²) < 4.78 is 5.54. The number of nitro groups is 1. The van der Waals surface area contributed by atoms with E-state index in [0.717, 1.165) is 0 Å². The number of hydrazine groups is 1. The number of aryl methyl sites for hydroxylation is 1. The summed E-state index contributed by atoms with van der Waals surface area (Å²) in [6, 6.07) is 4.46. The second kappa shape index (κ2) is 11.1. The van der Waals surface area contributed by atoms with E-state index in [1.54, 1.807) is 22.8 Å². The van der Waals surface area contributed by atoms with Crippen LogP contribution in [0.3, 0.4) is 0 Å². The molecule has 0 unspecified atom stereocenters. The Bertz CT molecular complexity index is 792. The molecule has 11 heteroatoms. The van der Waals surface area contributed by atoms with Gasteiger partial charge in [-0.05, 0) is 25.5 Å². The van der Waals surface area contributed by atoms with Gasteiger partial charge >= 0.3 is 0 Å². The van der Waals surface area contributed by atoms with Crippen molar-refractivity contribution in [3.05, 3.63) is 33.9 Å². The summed E-state index contributed by atoms with van der Waals surface area (Å²) in [6.07, 6.45) is 1.08. The number of amides is 3. The number of nitrogens with one attached hydrogen (secondary N) is 1. The van der Waals surface area contributed by atoms with Crippen molar-refractivity contribution in [1.29, 1.82) is 0 Å². The van der Waals surface area contributed by atoms with Crippen molar-refractivity contribution in [1.82, 2.24) is 15.2 Å². The van der Waals surface area contributed by atoms with Gasteiger partial charge in [-0.25, -0.2) is 5.84 Å². The first kappa shape index (κ1) is 23.1. The van der Waals surface area contributed by atoms with Gasteiger partial charge in [-0.15, -0.1) is 0 Å². The van der Waals surface area contributed by atoms with Crippen molar-refractivity contribution in [3.63, 3.8) is 0 Å². The maximum absolute atomic E-state index is 12.4. The van der Waals surface area contributed by atoms with Gasteiger partial charge in [-0.1, -0.05) is 0 Å². The number of piperazine rings is 1. The molecule has 0 aromatic heterocycles. The fraction of sp³-hybridized carbons (Fsp3) is 0.526. The normalized spacial score (nSPS) is 13.7. The molecule has 1 heterocycles. The maximum Gasteiger partial charge on any atom is 0.272 e. The van der Waals surface area contributed by atoms with Crippen molar-refractivity contribution in [2.75, 3.05) is 32.8 Å². The zero-order valence-corrected chi connectivity index (χ0v) is 17.0. The number of ether oxygens (including phenoxy) is 1. The third kappa shape index (κ3) is 6.69. The maximum atomic E-state index is 12.4. The number of hydrogen-bond donors (Lipinski definition) is 2. The van der Waals surface area contributed by atoms with E-state index in [9.17, 15) is 24.5 Å². The number of nitro benzene ring substituents is 1. The largest absolute Gasteiger partial charge is 0.493 e. The number of nitrogens with zero attached hydrogens (tertiary/aromatic N) is 3. The molecule has 2 rings (SSSR count). The number of rotatable bonds is 9. The van der Waals surface area contributed by atoms with Crippen LogP contribution < -0.4 is 16.0 Å². The lowest BCUT2D eigenvalue weighted by atomic mass is 10.2. The van der Waals surface area contributed by atoms with Crippen LogP contribution in [0.4, 0.5) is 5.69 Å². The SMILES string of the molecule is Cc1cc(OCCC(=O)N2CCN(C(=O)CCCC(=O)NN)CC2)ccc1[N+](=O)[O-]. The molecule has 3 N–H and O–H groups in total. The van der Waals surface area contributed by atoms with Crippen LogP contribution in [0.1, 0.15) is 31.2 Å². The van der Waals surface area contributed by atoms with Gasteiger partial charge in [0.2, 0.25) is 17.7 Å². The Morgan fingerprint density at radius 3 is 2.23 bits per heavy atom. The molecule has 1 aliphatic heterocycles. The van der Waals surface area contributed by atoms with Gasteiger partial charge in [0.15, 0.2) is 0 Å². The Hall–Kier alpha value is -3.21. The lowest BCUT2D eigenvalue weighted by Gasteiger charge is -2.35. The van der Waals surface area contributed by atoms with E-state index in [4.69, 9.17) is 10.6 Å². The number of carbonyl (C=O) groups is 3. The molecule has 164 valence electrons. The molecule has 0 radical (unpaired) electrons. The van der Waals surface area contributed by atoms with Crippen LogP contribution in [0.5, 0.6) is 5.75 Å². The molecule has 0 spiro atoms. The molecule has 1 fully saturated rings. The summed E-state index contributed by atoms with van der Waals surface area (Å²) >= 11 is 0. The minimum Gasteiger partial charge on any atom is -0.493 e. The topological polar surface area (TPSA) is 148 Å². The Kier molecular flexibility index (Phi) is 8.54. The van der Waals surface area contributed by atoms with E-state index in [-0.39, 0.29) is 49.3 Å². The van der Waals surface area contributed by atoms with E-state index in [1.807, 2.05) is 5.43 Å². The molecule has 1 saturated heterocycles. The number of hydrogen-bond acceptors (Lipinski definition) is 7. The second-order valence-corrected chi connectivity index (χ2v) is 6.99. The van der Waals surface area contributed by atoms with Crippen molar-refractivity contribution in [2.45, 2.75) is 32.6 Å². The fourth-order valence-corrected chi connectivity index (χ4v) is 3.17. The second-order valence-electron chi connectivity index (χ2n) is 6.99. The predicted octanol–water partition coefficient (Wildman–Crippen LogP) is 0.503. The summed E-state index contributed by atoms with van der Waals surface area (Å²) in [4.78, 5) is 49.4. The molecule has 0 bridgehead atoms. The Balaban J connectivity index is 1.69. The molecule has 0 atom stereocenters. The first-order chi connectivity index (χ1) is 14.3. The molecule has 0 saturated carbocycles. The van der Waals surface area contributed by atoms with Gasteiger partial charge in [-0.2, -0.15) is 0 Å². The van der Waals surface area contributed by atoms with Crippen LogP contribution in [-0.2, 0) is 14.4 Å². The lowest BCUT2D eigenvalue weighted by molar-refractivity contribution is -0.385. The fourth-order valence-electron chi connectivity index (χ4n) is 3.17. The van der Waals surface area contributed by atoms with E-state index in [1.165, 1.54) is 12.1 Å². The van der Waals surface area contributed by atoms with E-state index >= 15 is 0 Å². The molecule has 0 aliphatic carbocycles. The highest BCUT2D eigenvalue weighted by Crippen LogP contribution is 2.23. The minimum absolute atomic E-state index is 0.0218. The van der Waals surface area contributed by atoms with Crippen molar-refractivity contribution in [2.24, 2.45) is 5.84 Å². The minimum atomic E-state index is -0.454. The third-order valence-electron chi connectivity index (χ3n) is 4.89. The van der Waals surface area contributed by atoms with Crippen molar-refractivity contribution >= 4 is 23.4 Å². The van der Waals surface area contributed by atoms with Gasteiger partial charge in [0.25, 0.3) is 5.69 Å². The highest BCUT2D eigenvalue weighted by molar-refractivity contribution is 5.79. The van der Waals surface area contributed by atoms with Crippen LogP contribution in [0.2, 0.25) is 0 Å². The molecule has 30 heavy (non-hydrogen) atoms. The molecule has 1 aliphatic rings. The number of nitrogens with two attached hydrogens (primary N) is 1. The van der Waals surface area contributed by atoms with Crippen LogP contribution in [-0.4, -0.2) is 65.2 Å². The summed E-state index contributed by atoms with van der Waals surface area (Å²) in [5.74, 6) is 5.07. The molecule has 1 aromatic carbocycles. The van der Waals surface area contributed by atoms with E-state index < -0.39 is 4.92 Å². The van der Waals surface area contributed by atoms with E-state index in [0.29, 0.717) is 43.9 Å². The van der Waals surface area contributed by atoms with Crippen LogP contribution in [0, 0.1) is 17.0 Å². The zero-order chi connectivity index (χ0) is 22.1. The standard InChI is InChI=1S/C19H27N5O6/c1-14-13-15(5-6-16(14)24(28)29)30-12-7-19(27)23-10-8-22(9-11-23)18(26)4-2-3-17(25)21-20/h5-6,13H,2-4,7-12,20H2,1H3,(H,21,25). The monoisotopic (exact) mass is 421 g/mol. The molecule has 11 nitrogen and oxygen atoms in total. The van der Waals surface area contributed by atoms with Gasteiger partial charge < -0.3 is 14.5 Å². The van der Waals surface area contributed by atoms with E-state index in [2.05, 4.69) is 0 Å². The summed E-state index contributed by atoms with van der Waals surface area (Å²) in [5.41, 5.74) is 2.54. The van der Waals surface area contributed by atoms with Gasteiger partial charge in [-0.3, -0.25) is 29.9 Å². The highest BCUT2D eigenvalue weighted by Gasteiger charge is 2.23. The van der Waals surface area contributed by atoms with Crippen LogP contribution in [0.25, 0.3) is 0 Å². The van der Waals surface area contributed by atoms with Crippen molar-refractivity contribution < 1.29 is 24.0 Å². The van der Waals surface area contributed by atoms with Gasteiger partial charge in [0, 0.05) is 50.7 Å². The highest BCUT2D eigenvalue weighted by atomic mass is 16.6. The van der Waals surface area contributed by atoms with Crippen LogP contribution in [0.15, 0.2) is 18.2 Å². The Morgan fingerprint density at radius 1 is 1.10 bits per heavy atom. The zero-order valence-electron chi connectivity index (χ0n) is 17.0. The smallest absolute Gasteiger partial charge is 0.272 e. The molecular weight excluding hydrogens is 394 g/mol. The van der Waals surface area contributed by atoms with Gasteiger partial charge in [0.1, 0.15) is 5.75 Å². The average molecular weight is 421 g/mol. The first-order valence-corrected chi connectivity index (χ1v) is 9.74. The lowest BCUT2D eigenvalue weighted by Crippen LogP contribution is -2.50. The van der Waals surface area contributed by atoms with Gasteiger partial charge in [0.05, 0.1) is 18.0 Å².